The van der Waals surface area contributed by atoms with Gasteiger partial charge in [-0.15, -0.1) is 0 Å². The molecule has 3 aromatic carbocycles. The second-order valence-electron chi connectivity index (χ2n) is 9.72. The molecule has 5 aromatic rings. The zero-order valence-corrected chi connectivity index (χ0v) is 21.0. The summed E-state index contributed by atoms with van der Waals surface area (Å²) in [5.41, 5.74) is 3.98. The van der Waals surface area contributed by atoms with E-state index in [-0.39, 0.29) is 0 Å². The lowest BCUT2D eigenvalue weighted by Gasteiger charge is -2.20. The minimum Gasteiger partial charge on any atom is -0.487 e. The van der Waals surface area contributed by atoms with E-state index in [0.29, 0.717) is 24.6 Å². The number of carbonyl (C=O) groups is 1. The summed E-state index contributed by atoms with van der Waals surface area (Å²) in [5.74, 6) is -0.0807. The van der Waals surface area contributed by atoms with Gasteiger partial charge in [0.2, 0.25) is 0 Å². The lowest BCUT2D eigenvalue weighted by atomic mass is 9.88. The Morgan fingerprint density at radius 3 is 2.53 bits per heavy atom. The number of ether oxygens (including phenoxy) is 1. The van der Waals surface area contributed by atoms with E-state index >= 15 is 0 Å². The summed E-state index contributed by atoms with van der Waals surface area (Å²) in [5, 5.41) is 12.5. The van der Waals surface area contributed by atoms with E-state index in [1.54, 1.807) is 13.8 Å². The molecule has 0 atom stereocenters. The maximum atomic E-state index is 11.9. The van der Waals surface area contributed by atoms with Crippen molar-refractivity contribution >= 4 is 39.4 Å². The summed E-state index contributed by atoms with van der Waals surface area (Å²) in [7, 11) is 0. The van der Waals surface area contributed by atoms with Crippen molar-refractivity contribution in [3.8, 4) is 5.75 Å². The first-order chi connectivity index (χ1) is 17.3. The van der Waals surface area contributed by atoms with Gasteiger partial charge >= 0.3 is 5.97 Å². The Kier molecular flexibility index (Phi) is 6.42. The van der Waals surface area contributed by atoms with Gasteiger partial charge in [0, 0.05) is 40.0 Å². The molecular weight excluding hydrogens is 472 g/mol. The average Bonchev–Trinajstić information content (AvgIpc) is 3.19. The molecule has 0 radical (unpaired) electrons. The van der Waals surface area contributed by atoms with E-state index in [4.69, 9.17) is 16.3 Å². The molecule has 0 amide bonds. The molecule has 6 heteroatoms. The normalized spacial score (nSPS) is 11.8. The average molecular weight is 499 g/mol. The smallest absolute Gasteiger partial charge is 0.309 e. The maximum Gasteiger partial charge on any atom is 0.309 e. The topological polar surface area (TPSA) is 64.4 Å². The van der Waals surface area contributed by atoms with Crippen molar-refractivity contribution in [3.63, 3.8) is 0 Å². The first-order valence-electron chi connectivity index (χ1n) is 11.9. The van der Waals surface area contributed by atoms with Crippen molar-refractivity contribution in [1.29, 1.82) is 0 Å². The highest BCUT2D eigenvalue weighted by Crippen LogP contribution is 2.31. The van der Waals surface area contributed by atoms with Gasteiger partial charge in [0.05, 0.1) is 16.6 Å². The molecule has 182 valence electrons. The molecule has 2 heterocycles. The predicted molar refractivity (Wildman–Crippen MR) is 144 cm³/mol. The largest absolute Gasteiger partial charge is 0.487 e. The molecule has 36 heavy (non-hydrogen) atoms. The highest BCUT2D eigenvalue weighted by atomic mass is 35.5. The van der Waals surface area contributed by atoms with E-state index in [9.17, 15) is 9.90 Å². The van der Waals surface area contributed by atoms with Crippen LogP contribution in [0, 0.1) is 5.41 Å². The van der Waals surface area contributed by atoms with E-state index in [2.05, 4.69) is 21.7 Å². The number of hydrogen-bond acceptors (Lipinski definition) is 3. The third-order valence-corrected chi connectivity index (χ3v) is 6.71. The lowest BCUT2D eigenvalue weighted by molar-refractivity contribution is -0.146. The van der Waals surface area contributed by atoms with Gasteiger partial charge in [-0.1, -0.05) is 48.0 Å². The number of carboxylic acids is 1. The fraction of sp³-hybridized carbons (Fsp3) is 0.200. The van der Waals surface area contributed by atoms with Crippen LogP contribution in [0.15, 0.2) is 84.9 Å². The summed E-state index contributed by atoms with van der Waals surface area (Å²) in [6.45, 7) is 4.49. The van der Waals surface area contributed by atoms with Gasteiger partial charge in [-0.3, -0.25) is 4.79 Å². The van der Waals surface area contributed by atoms with E-state index in [1.807, 2.05) is 72.8 Å². The molecule has 5 nitrogen and oxygen atoms in total. The molecule has 0 saturated heterocycles. The zero-order valence-electron chi connectivity index (χ0n) is 20.2. The van der Waals surface area contributed by atoms with Crippen LogP contribution in [-0.2, 0) is 24.4 Å². The predicted octanol–water partition coefficient (Wildman–Crippen LogP) is 7.12. The Morgan fingerprint density at radius 2 is 1.75 bits per heavy atom. The number of aliphatic carboxylic acids is 1. The summed E-state index contributed by atoms with van der Waals surface area (Å²) in [6.07, 6.45) is 0.405. The third kappa shape index (κ3) is 5.07. The van der Waals surface area contributed by atoms with E-state index in [1.165, 1.54) is 0 Å². The fourth-order valence-corrected chi connectivity index (χ4v) is 4.50. The first kappa shape index (κ1) is 23.9. The molecule has 2 aromatic heterocycles. The monoisotopic (exact) mass is 498 g/mol. The SMILES string of the molecule is CC(C)(Cc1cc2cc(OCc3ccc4ccccc4n3)ccc2n1Cc1ccc(Cl)cc1)C(=O)O. The minimum absolute atomic E-state index is 0.362. The van der Waals surface area contributed by atoms with Crippen LogP contribution in [-0.4, -0.2) is 20.6 Å². The van der Waals surface area contributed by atoms with Crippen molar-refractivity contribution in [2.24, 2.45) is 5.41 Å². The van der Waals surface area contributed by atoms with Gasteiger partial charge in [-0.05, 0) is 67.9 Å². The fourth-order valence-electron chi connectivity index (χ4n) is 4.38. The number of hydrogen-bond donors (Lipinski definition) is 1. The van der Waals surface area contributed by atoms with Crippen LogP contribution in [0.3, 0.4) is 0 Å². The number of halogens is 1. The molecule has 0 saturated carbocycles. The summed E-state index contributed by atoms with van der Waals surface area (Å²) < 4.78 is 8.27. The van der Waals surface area contributed by atoms with Crippen LogP contribution in [0.4, 0.5) is 0 Å². The van der Waals surface area contributed by atoms with Crippen LogP contribution in [0.25, 0.3) is 21.8 Å². The van der Waals surface area contributed by atoms with Gasteiger partial charge in [0.15, 0.2) is 0 Å². The van der Waals surface area contributed by atoms with Gasteiger partial charge in [-0.2, -0.15) is 0 Å². The van der Waals surface area contributed by atoms with E-state index < -0.39 is 11.4 Å². The van der Waals surface area contributed by atoms with Gasteiger partial charge < -0.3 is 14.4 Å². The third-order valence-electron chi connectivity index (χ3n) is 6.46. The number of carboxylic acid groups (broad SMARTS) is 1. The Balaban J connectivity index is 1.44. The molecule has 0 aliphatic heterocycles. The quantitative estimate of drug-likeness (QED) is 0.247. The molecule has 0 bridgehead atoms. The molecule has 0 spiro atoms. The Hall–Kier alpha value is -3.83. The second-order valence-corrected chi connectivity index (χ2v) is 10.2. The Labute approximate surface area is 214 Å². The van der Waals surface area contributed by atoms with Gasteiger partial charge in [0.1, 0.15) is 12.4 Å². The standard InChI is InChI=1S/C30H27ClN2O3/c1-30(2,29(34)35)17-25-15-22-16-26(36-19-24-12-9-21-5-3-4-6-27(21)32-24)13-14-28(22)33(25)18-20-7-10-23(31)11-8-20/h3-16H,17-19H2,1-2H3,(H,34,35). The minimum atomic E-state index is -0.896. The number of nitrogens with zero attached hydrogens (tertiary/aromatic N) is 2. The van der Waals surface area contributed by atoms with Crippen LogP contribution in [0.1, 0.15) is 30.8 Å². The highest BCUT2D eigenvalue weighted by molar-refractivity contribution is 6.30. The summed E-state index contributed by atoms with van der Waals surface area (Å²) >= 11 is 6.07. The molecule has 1 N–H and O–H groups in total. The lowest BCUT2D eigenvalue weighted by Crippen LogP contribution is -2.27. The van der Waals surface area contributed by atoms with E-state index in [0.717, 1.165) is 44.5 Å². The van der Waals surface area contributed by atoms with Crippen molar-refractivity contribution in [2.75, 3.05) is 0 Å². The molecule has 0 fully saturated rings. The van der Waals surface area contributed by atoms with Crippen molar-refractivity contribution < 1.29 is 14.6 Å². The number of fused-ring (bicyclic) bond motifs is 2. The first-order valence-corrected chi connectivity index (χ1v) is 12.2. The van der Waals surface area contributed by atoms with Crippen LogP contribution >= 0.6 is 11.6 Å². The molecule has 0 aliphatic carbocycles. The number of para-hydroxylation sites is 1. The number of pyridine rings is 1. The number of aromatic nitrogens is 2. The Morgan fingerprint density at radius 1 is 0.972 bits per heavy atom. The number of benzene rings is 3. The number of rotatable bonds is 8. The van der Waals surface area contributed by atoms with Crippen LogP contribution in [0.5, 0.6) is 5.75 Å². The van der Waals surface area contributed by atoms with Crippen LogP contribution in [0.2, 0.25) is 5.02 Å². The van der Waals surface area contributed by atoms with Crippen molar-refractivity contribution in [3.05, 3.63) is 107 Å². The molecule has 0 aliphatic rings. The van der Waals surface area contributed by atoms with Crippen LogP contribution < -0.4 is 4.74 Å². The van der Waals surface area contributed by atoms with Gasteiger partial charge in [0.25, 0.3) is 0 Å². The summed E-state index contributed by atoms with van der Waals surface area (Å²) in [4.78, 5) is 16.5. The second kappa shape index (κ2) is 9.67. The maximum absolute atomic E-state index is 11.9. The van der Waals surface area contributed by atoms with Gasteiger partial charge in [-0.25, -0.2) is 4.98 Å². The Bertz CT molecular complexity index is 1550. The molecule has 0 unspecified atom stereocenters. The summed E-state index contributed by atoms with van der Waals surface area (Å²) in [6, 6.07) is 27.8. The zero-order chi connectivity index (χ0) is 25.3. The molecule has 5 rings (SSSR count). The van der Waals surface area contributed by atoms with Crippen molar-refractivity contribution in [2.45, 2.75) is 33.4 Å². The molecular formula is C30H27ClN2O3. The highest BCUT2D eigenvalue weighted by Gasteiger charge is 2.29. The van der Waals surface area contributed by atoms with Crippen molar-refractivity contribution in [1.82, 2.24) is 9.55 Å².